The van der Waals surface area contributed by atoms with Gasteiger partial charge in [-0.25, -0.2) is 0 Å². The predicted octanol–water partition coefficient (Wildman–Crippen LogP) is 1.35. The molecule has 1 aromatic heterocycles. The second-order valence-electron chi connectivity index (χ2n) is 7.38. The lowest BCUT2D eigenvalue weighted by Crippen LogP contribution is -2.44. The van der Waals surface area contributed by atoms with Crippen LogP contribution in [0.3, 0.4) is 0 Å². The maximum Gasteiger partial charge on any atom is 0.273 e. The summed E-state index contributed by atoms with van der Waals surface area (Å²) in [6.45, 7) is 6.46. The number of nitrogens with zero attached hydrogens (tertiary/aromatic N) is 2. The molecule has 126 valence electrons. The van der Waals surface area contributed by atoms with Crippen molar-refractivity contribution in [3.05, 3.63) is 17.5 Å². The van der Waals surface area contributed by atoms with Gasteiger partial charge in [0.25, 0.3) is 5.91 Å². The van der Waals surface area contributed by atoms with E-state index in [0.29, 0.717) is 23.6 Å². The van der Waals surface area contributed by atoms with Crippen LogP contribution >= 0.6 is 0 Å². The predicted molar refractivity (Wildman–Crippen MR) is 86.4 cm³/mol. The van der Waals surface area contributed by atoms with Crippen LogP contribution < -0.4 is 10.6 Å². The molecule has 3 heterocycles. The monoisotopic (exact) mass is 318 g/mol. The molecule has 0 bridgehead atoms. The van der Waals surface area contributed by atoms with E-state index in [0.717, 1.165) is 44.8 Å². The Morgan fingerprint density at radius 1 is 1.30 bits per heavy atom. The number of carbonyl (C=O) groups is 1. The SMILES string of the molecule is C[C@@H]1CN(C2CCNCC2)C[C@H]1NC(=O)c1cc(C2CC2)on1. The molecule has 2 saturated heterocycles. The summed E-state index contributed by atoms with van der Waals surface area (Å²) in [5.74, 6) is 1.74. The number of piperidine rings is 1. The Hall–Kier alpha value is -1.40. The number of rotatable bonds is 4. The summed E-state index contributed by atoms with van der Waals surface area (Å²) in [6, 6.07) is 2.68. The van der Waals surface area contributed by atoms with Crippen molar-refractivity contribution in [3.63, 3.8) is 0 Å². The summed E-state index contributed by atoms with van der Waals surface area (Å²) >= 11 is 0. The maximum absolute atomic E-state index is 12.4. The second kappa shape index (κ2) is 6.24. The van der Waals surface area contributed by atoms with Gasteiger partial charge in [-0.2, -0.15) is 0 Å². The van der Waals surface area contributed by atoms with Gasteiger partial charge in [0.1, 0.15) is 5.76 Å². The minimum absolute atomic E-state index is 0.0929. The molecule has 3 aliphatic rings. The molecule has 6 heteroatoms. The average Bonchev–Trinajstić information content (AvgIpc) is 3.18. The molecule has 4 rings (SSSR count). The molecule has 1 aromatic rings. The number of hydrogen-bond donors (Lipinski definition) is 2. The van der Waals surface area contributed by atoms with E-state index in [-0.39, 0.29) is 11.9 Å². The van der Waals surface area contributed by atoms with E-state index in [1.807, 2.05) is 6.07 Å². The first-order chi connectivity index (χ1) is 11.2. The maximum atomic E-state index is 12.4. The lowest BCUT2D eigenvalue weighted by Gasteiger charge is -2.31. The third-order valence-electron chi connectivity index (χ3n) is 5.52. The zero-order chi connectivity index (χ0) is 15.8. The molecule has 2 aliphatic heterocycles. The molecular formula is C17H26N4O2. The molecule has 3 fully saturated rings. The van der Waals surface area contributed by atoms with Crippen LogP contribution in [-0.4, -0.2) is 54.2 Å². The molecule has 0 radical (unpaired) electrons. The van der Waals surface area contributed by atoms with Crippen LogP contribution in [-0.2, 0) is 0 Å². The Labute approximate surface area is 137 Å². The lowest BCUT2D eigenvalue weighted by atomic mass is 10.1. The first-order valence-electron chi connectivity index (χ1n) is 8.93. The fourth-order valence-electron chi connectivity index (χ4n) is 3.86. The Bertz CT molecular complexity index is 563. The molecule has 1 saturated carbocycles. The quantitative estimate of drug-likeness (QED) is 0.877. The number of hydrogen-bond acceptors (Lipinski definition) is 5. The van der Waals surface area contributed by atoms with Crippen LogP contribution in [0, 0.1) is 5.92 Å². The van der Waals surface area contributed by atoms with Crippen molar-refractivity contribution in [2.75, 3.05) is 26.2 Å². The molecule has 2 N–H and O–H groups in total. The number of nitrogens with one attached hydrogen (secondary N) is 2. The first-order valence-corrected chi connectivity index (χ1v) is 8.93. The lowest BCUT2D eigenvalue weighted by molar-refractivity contribution is 0.0920. The Kier molecular flexibility index (Phi) is 4.11. The van der Waals surface area contributed by atoms with Crippen LogP contribution in [0.4, 0.5) is 0 Å². The van der Waals surface area contributed by atoms with Crippen molar-refractivity contribution in [1.29, 1.82) is 0 Å². The van der Waals surface area contributed by atoms with Gasteiger partial charge in [0, 0.05) is 37.2 Å². The van der Waals surface area contributed by atoms with E-state index in [1.54, 1.807) is 0 Å². The van der Waals surface area contributed by atoms with Gasteiger partial charge in [0.2, 0.25) is 0 Å². The summed E-state index contributed by atoms with van der Waals surface area (Å²) in [6.07, 6.45) is 4.73. The standard InChI is InChI=1S/C17H26N4O2/c1-11-9-21(13-4-6-18-7-5-13)10-15(11)19-17(22)14-8-16(23-20-14)12-2-3-12/h8,11-13,15,18H,2-7,9-10H2,1H3,(H,19,22)/t11-,15-/m1/s1. The third-order valence-corrected chi connectivity index (χ3v) is 5.52. The van der Waals surface area contributed by atoms with Gasteiger partial charge in [-0.05, 0) is 44.7 Å². The van der Waals surface area contributed by atoms with Gasteiger partial charge >= 0.3 is 0 Å². The largest absolute Gasteiger partial charge is 0.360 e. The van der Waals surface area contributed by atoms with Crippen molar-refractivity contribution >= 4 is 5.91 Å². The highest BCUT2D eigenvalue weighted by atomic mass is 16.5. The van der Waals surface area contributed by atoms with Gasteiger partial charge in [-0.15, -0.1) is 0 Å². The molecule has 0 aromatic carbocycles. The van der Waals surface area contributed by atoms with Gasteiger partial charge < -0.3 is 15.2 Å². The highest BCUT2D eigenvalue weighted by Gasteiger charge is 2.35. The van der Waals surface area contributed by atoms with Gasteiger partial charge in [0.15, 0.2) is 5.69 Å². The smallest absolute Gasteiger partial charge is 0.273 e. The number of carbonyl (C=O) groups excluding carboxylic acids is 1. The topological polar surface area (TPSA) is 70.4 Å². The molecule has 1 amide bonds. The van der Waals surface area contributed by atoms with Crippen molar-refractivity contribution < 1.29 is 9.32 Å². The van der Waals surface area contributed by atoms with E-state index in [2.05, 4.69) is 27.6 Å². The molecule has 0 spiro atoms. The first kappa shape index (κ1) is 15.1. The fourth-order valence-corrected chi connectivity index (χ4v) is 3.86. The summed E-state index contributed by atoms with van der Waals surface area (Å²) in [5, 5.41) is 10.5. The third kappa shape index (κ3) is 3.28. The van der Waals surface area contributed by atoms with Crippen LogP contribution in [0.25, 0.3) is 0 Å². The molecule has 6 nitrogen and oxygen atoms in total. The van der Waals surface area contributed by atoms with Crippen LogP contribution in [0.2, 0.25) is 0 Å². The van der Waals surface area contributed by atoms with Crippen molar-refractivity contribution in [2.24, 2.45) is 5.92 Å². The summed E-state index contributed by atoms with van der Waals surface area (Å²) in [5.41, 5.74) is 0.430. The summed E-state index contributed by atoms with van der Waals surface area (Å²) in [7, 11) is 0. The molecular weight excluding hydrogens is 292 g/mol. The van der Waals surface area contributed by atoms with Gasteiger partial charge in [0.05, 0.1) is 0 Å². The van der Waals surface area contributed by atoms with E-state index >= 15 is 0 Å². The molecule has 1 aliphatic carbocycles. The number of aromatic nitrogens is 1. The van der Waals surface area contributed by atoms with Crippen LogP contribution in [0.15, 0.2) is 10.6 Å². The summed E-state index contributed by atoms with van der Waals surface area (Å²) < 4.78 is 5.29. The molecule has 23 heavy (non-hydrogen) atoms. The highest BCUT2D eigenvalue weighted by molar-refractivity contribution is 5.92. The normalized spacial score (nSPS) is 29.8. The van der Waals surface area contributed by atoms with Crippen molar-refractivity contribution in [2.45, 2.75) is 50.6 Å². The van der Waals surface area contributed by atoms with E-state index in [1.165, 1.54) is 12.8 Å². The zero-order valence-corrected chi connectivity index (χ0v) is 13.8. The van der Waals surface area contributed by atoms with Crippen molar-refractivity contribution in [3.8, 4) is 0 Å². The van der Waals surface area contributed by atoms with E-state index < -0.39 is 0 Å². The summed E-state index contributed by atoms with van der Waals surface area (Å²) in [4.78, 5) is 15.0. The highest BCUT2D eigenvalue weighted by Crippen LogP contribution is 2.40. The van der Waals surface area contributed by atoms with E-state index in [4.69, 9.17) is 4.52 Å². The Morgan fingerprint density at radius 2 is 2.09 bits per heavy atom. The number of amides is 1. The van der Waals surface area contributed by atoms with Crippen LogP contribution in [0.1, 0.15) is 54.8 Å². The fraction of sp³-hybridized carbons (Fsp3) is 0.765. The Morgan fingerprint density at radius 3 is 2.83 bits per heavy atom. The average molecular weight is 318 g/mol. The van der Waals surface area contributed by atoms with Gasteiger partial charge in [-0.1, -0.05) is 12.1 Å². The van der Waals surface area contributed by atoms with Crippen molar-refractivity contribution in [1.82, 2.24) is 20.7 Å². The van der Waals surface area contributed by atoms with Gasteiger partial charge in [-0.3, -0.25) is 9.69 Å². The molecule has 0 unspecified atom stereocenters. The molecule has 2 atom stereocenters. The number of likely N-dealkylation sites (tertiary alicyclic amines) is 1. The zero-order valence-electron chi connectivity index (χ0n) is 13.8. The Balaban J connectivity index is 1.34. The van der Waals surface area contributed by atoms with Crippen LogP contribution in [0.5, 0.6) is 0 Å². The minimum atomic E-state index is -0.0929. The van der Waals surface area contributed by atoms with E-state index in [9.17, 15) is 4.79 Å². The second-order valence-corrected chi connectivity index (χ2v) is 7.38. The minimum Gasteiger partial charge on any atom is -0.360 e.